The molecule has 4 nitrogen and oxygen atoms in total. The summed E-state index contributed by atoms with van der Waals surface area (Å²) in [6, 6.07) is 0. The first kappa shape index (κ1) is 14.2. The highest BCUT2D eigenvalue weighted by Gasteiger charge is 2.18. The van der Waals surface area contributed by atoms with Gasteiger partial charge in [0.15, 0.2) is 11.0 Å². The van der Waals surface area contributed by atoms with Gasteiger partial charge in [0.05, 0.1) is 0 Å². The van der Waals surface area contributed by atoms with Gasteiger partial charge in [-0.05, 0) is 36.8 Å². The minimum absolute atomic E-state index is 0.0242. The van der Waals surface area contributed by atoms with Crippen LogP contribution in [0.4, 0.5) is 5.82 Å². The molecule has 1 rings (SSSR count). The molecule has 1 aromatic heterocycles. The summed E-state index contributed by atoms with van der Waals surface area (Å²) in [4.78, 5) is 0. The van der Waals surface area contributed by atoms with Crippen LogP contribution in [-0.2, 0) is 0 Å². The first-order valence-electron chi connectivity index (χ1n) is 5.71. The minimum atomic E-state index is 0.0242. The third-order valence-electron chi connectivity index (χ3n) is 2.99. The lowest BCUT2D eigenvalue weighted by Gasteiger charge is -2.24. The van der Waals surface area contributed by atoms with E-state index in [-0.39, 0.29) is 12.0 Å². The van der Waals surface area contributed by atoms with Crippen molar-refractivity contribution in [1.82, 2.24) is 10.2 Å². The van der Waals surface area contributed by atoms with Crippen molar-refractivity contribution in [2.75, 3.05) is 18.5 Å². The van der Waals surface area contributed by atoms with Crippen molar-refractivity contribution >= 4 is 17.4 Å². The molecule has 0 saturated heterocycles. The van der Waals surface area contributed by atoms with Crippen molar-refractivity contribution in [3.8, 4) is 0 Å². The van der Waals surface area contributed by atoms with Gasteiger partial charge in [0.25, 0.3) is 0 Å². The van der Waals surface area contributed by atoms with E-state index in [1.807, 2.05) is 13.8 Å². The standard InChI is InChI=1S/C12H20ClN3O/c1-8-9(2)11(16-15-10(8)13)14-7-12(3,4)5-6-17/h17H,5-7H2,1-4H3,(H,14,16). The molecule has 0 amide bonds. The van der Waals surface area contributed by atoms with Crippen LogP contribution in [0.15, 0.2) is 0 Å². The third kappa shape index (κ3) is 3.82. The molecule has 0 radical (unpaired) electrons. The highest BCUT2D eigenvalue weighted by molar-refractivity contribution is 6.30. The minimum Gasteiger partial charge on any atom is -0.396 e. The SMILES string of the molecule is Cc1c(Cl)nnc(NCC(C)(C)CCO)c1C. The monoisotopic (exact) mass is 257 g/mol. The smallest absolute Gasteiger partial charge is 0.155 e. The Hall–Kier alpha value is -0.870. The zero-order valence-corrected chi connectivity index (χ0v) is 11.6. The van der Waals surface area contributed by atoms with E-state index in [1.54, 1.807) is 0 Å². The number of halogens is 1. The number of nitrogens with one attached hydrogen (secondary N) is 1. The highest BCUT2D eigenvalue weighted by atomic mass is 35.5. The maximum Gasteiger partial charge on any atom is 0.155 e. The fraction of sp³-hybridized carbons (Fsp3) is 0.667. The number of aromatic nitrogens is 2. The first-order valence-corrected chi connectivity index (χ1v) is 6.09. The molecule has 2 N–H and O–H groups in total. The molecule has 0 spiro atoms. The fourth-order valence-corrected chi connectivity index (χ4v) is 1.64. The largest absolute Gasteiger partial charge is 0.396 e. The van der Waals surface area contributed by atoms with Gasteiger partial charge >= 0.3 is 0 Å². The summed E-state index contributed by atoms with van der Waals surface area (Å²) >= 11 is 5.89. The van der Waals surface area contributed by atoms with Crippen LogP contribution in [0, 0.1) is 19.3 Å². The van der Waals surface area contributed by atoms with Crippen molar-refractivity contribution in [3.63, 3.8) is 0 Å². The summed E-state index contributed by atoms with van der Waals surface area (Å²) in [7, 11) is 0. The van der Waals surface area contributed by atoms with Crippen molar-refractivity contribution in [1.29, 1.82) is 0 Å². The summed E-state index contributed by atoms with van der Waals surface area (Å²) in [5.74, 6) is 0.762. The number of hydrogen-bond acceptors (Lipinski definition) is 4. The molecule has 0 aromatic carbocycles. The Bertz CT molecular complexity index is 394. The quantitative estimate of drug-likeness (QED) is 0.851. The van der Waals surface area contributed by atoms with Crippen LogP contribution >= 0.6 is 11.6 Å². The molecule has 0 saturated carbocycles. The Labute approximate surface area is 107 Å². The first-order chi connectivity index (χ1) is 7.87. The van der Waals surface area contributed by atoms with Gasteiger partial charge in [-0.3, -0.25) is 0 Å². The van der Waals surface area contributed by atoms with Gasteiger partial charge < -0.3 is 10.4 Å². The van der Waals surface area contributed by atoms with Crippen LogP contribution in [0.2, 0.25) is 5.15 Å². The van der Waals surface area contributed by atoms with E-state index in [2.05, 4.69) is 29.4 Å². The number of hydrogen-bond donors (Lipinski definition) is 2. The molecule has 0 atom stereocenters. The fourth-order valence-electron chi connectivity index (χ4n) is 1.46. The molecule has 0 bridgehead atoms. The van der Waals surface area contributed by atoms with Crippen LogP contribution in [-0.4, -0.2) is 28.5 Å². The number of nitrogens with zero attached hydrogens (tertiary/aromatic N) is 2. The molecule has 1 heterocycles. The Balaban J connectivity index is 2.73. The molecule has 96 valence electrons. The molecule has 0 aliphatic heterocycles. The maximum atomic E-state index is 8.96. The average molecular weight is 258 g/mol. The summed E-state index contributed by atoms with van der Waals surface area (Å²) in [5, 5.41) is 20.6. The Morgan fingerprint density at radius 3 is 2.47 bits per heavy atom. The molecule has 1 aromatic rings. The predicted octanol–water partition coefficient (Wildman–Crippen LogP) is 2.57. The summed E-state index contributed by atoms with van der Waals surface area (Å²) in [6.45, 7) is 9.03. The van der Waals surface area contributed by atoms with Gasteiger partial charge in [-0.2, -0.15) is 0 Å². The average Bonchev–Trinajstić information content (AvgIpc) is 2.25. The van der Waals surface area contributed by atoms with Crippen LogP contribution in [0.1, 0.15) is 31.4 Å². The summed E-state index contributed by atoms with van der Waals surface area (Å²) < 4.78 is 0. The third-order valence-corrected chi connectivity index (χ3v) is 3.35. The van der Waals surface area contributed by atoms with Gasteiger partial charge in [0, 0.05) is 13.2 Å². The number of aliphatic hydroxyl groups excluding tert-OH is 1. The van der Waals surface area contributed by atoms with Crippen molar-refractivity contribution in [3.05, 3.63) is 16.3 Å². The van der Waals surface area contributed by atoms with E-state index >= 15 is 0 Å². The van der Waals surface area contributed by atoms with Crippen molar-refractivity contribution < 1.29 is 5.11 Å². The second-order valence-electron chi connectivity index (χ2n) is 5.08. The number of anilines is 1. The van der Waals surface area contributed by atoms with E-state index in [0.717, 1.165) is 29.9 Å². The van der Waals surface area contributed by atoms with E-state index in [9.17, 15) is 0 Å². The van der Waals surface area contributed by atoms with Gasteiger partial charge in [-0.25, -0.2) is 0 Å². The van der Waals surface area contributed by atoms with Crippen LogP contribution in [0.3, 0.4) is 0 Å². The van der Waals surface area contributed by atoms with E-state index < -0.39 is 0 Å². The van der Waals surface area contributed by atoms with E-state index in [0.29, 0.717) is 5.15 Å². The Kier molecular flexibility index (Phi) is 4.71. The molecular weight excluding hydrogens is 238 g/mol. The summed E-state index contributed by atoms with van der Waals surface area (Å²) in [6.07, 6.45) is 0.749. The van der Waals surface area contributed by atoms with Crippen LogP contribution in [0.5, 0.6) is 0 Å². The molecule has 5 heteroatoms. The number of rotatable bonds is 5. The zero-order chi connectivity index (χ0) is 13.1. The molecule has 0 unspecified atom stereocenters. The van der Waals surface area contributed by atoms with E-state index in [1.165, 1.54) is 0 Å². The lowest BCUT2D eigenvalue weighted by molar-refractivity contribution is 0.220. The van der Waals surface area contributed by atoms with E-state index in [4.69, 9.17) is 16.7 Å². The molecule has 0 aliphatic rings. The van der Waals surface area contributed by atoms with Gasteiger partial charge in [0.1, 0.15) is 0 Å². The Morgan fingerprint density at radius 2 is 1.88 bits per heavy atom. The van der Waals surface area contributed by atoms with Gasteiger partial charge in [-0.15, -0.1) is 10.2 Å². The molecule has 0 fully saturated rings. The maximum absolute atomic E-state index is 8.96. The van der Waals surface area contributed by atoms with Crippen LogP contribution < -0.4 is 5.32 Å². The summed E-state index contributed by atoms with van der Waals surface area (Å²) in [5.41, 5.74) is 1.99. The predicted molar refractivity (Wildman–Crippen MR) is 70.5 cm³/mol. The lowest BCUT2D eigenvalue weighted by Crippen LogP contribution is -2.25. The Morgan fingerprint density at radius 1 is 1.24 bits per heavy atom. The lowest BCUT2D eigenvalue weighted by atomic mass is 9.90. The van der Waals surface area contributed by atoms with Crippen LogP contribution in [0.25, 0.3) is 0 Å². The van der Waals surface area contributed by atoms with Gasteiger partial charge in [-0.1, -0.05) is 25.4 Å². The zero-order valence-electron chi connectivity index (χ0n) is 10.8. The van der Waals surface area contributed by atoms with Crippen molar-refractivity contribution in [2.24, 2.45) is 5.41 Å². The normalized spacial score (nSPS) is 11.6. The van der Waals surface area contributed by atoms with Crippen molar-refractivity contribution in [2.45, 2.75) is 34.1 Å². The molecule has 0 aliphatic carbocycles. The topological polar surface area (TPSA) is 58.0 Å². The molecular formula is C12H20ClN3O. The molecule has 17 heavy (non-hydrogen) atoms. The second kappa shape index (κ2) is 5.65. The van der Waals surface area contributed by atoms with Gasteiger partial charge in [0.2, 0.25) is 0 Å². The number of aliphatic hydroxyl groups is 1. The highest BCUT2D eigenvalue weighted by Crippen LogP contribution is 2.24. The second-order valence-corrected chi connectivity index (χ2v) is 5.44.